The topological polar surface area (TPSA) is 21.3 Å². The van der Waals surface area contributed by atoms with E-state index < -0.39 is 0 Å². The summed E-state index contributed by atoms with van der Waals surface area (Å²) in [4.78, 5) is 0. The third-order valence-electron chi connectivity index (χ3n) is 3.54. The monoisotopic (exact) mass is 247 g/mol. The smallest absolute Gasteiger partial charge is 0.0827 e. The molecule has 1 aromatic carbocycles. The molecule has 1 heterocycles. The van der Waals surface area contributed by atoms with Crippen molar-refractivity contribution < 1.29 is 4.74 Å². The number of fused-ring (bicyclic) bond motifs is 1. The average molecular weight is 247 g/mol. The zero-order valence-electron chi connectivity index (χ0n) is 11.6. The second kappa shape index (κ2) is 6.91. The van der Waals surface area contributed by atoms with Crippen LogP contribution >= 0.6 is 0 Å². The summed E-state index contributed by atoms with van der Waals surface area (Å²) in [6.45, 7) is 6.39. The molecular weight excluding hydrogens is 222 g/mol. The van der Waals surface area contributed by atoms with Gasteiger partial charge in [-0.15, -0.1) is 0 Å². The van der Waals surface area contributed by atoms with E-state index in [0.29, 0.717) is 12.1 Å². The quantitative estimate of drug-likeness (QED) is 0.777. The Kier molecular flexibility index (Phi) is 5.21. The number of hydrogen-bond donors (Lipinski definition) is 1. The molecule has 2 nitrogen and oxygen atoms in total. The summed E-state index contributed by atoms with van der Waals surface area (Å²) >= 11 is 0. The minimum absolute atomic E-state index is 0.328. The lowest BCUT2D eigenvalue weighted by atomic mass is 9.94. The normalized spacial score (nSPS) is 18.9. The van der Waals surface area contributed by atoms with Crippen molar-refractivity contribution >= 4 is 0 Å². The molecule has 1 aromatic rings. The highest BCUT2D eigenvalue weighted by molar-refractivity contribution is 5.30. The fourth-order valence-electron chi connectivity index (χ4n) is 2.56. The van der Waals surface area contributed by atoms with E-state index in [1.807, 2.05) is 0 Å². The summed E-state index contributed by atoms with van der Waals surface area (Å²) in [6.07, 6.45) is 5.02. The zero-order valence-corrected chi connectivity index (χ0v) is 11.6. The maximum absolute atomic E-state index is 5.91. The van der Waals surface area contributed by atoms with E-state index in [4.69, 9.17) is 4.74 Å². The van der Waals surface area contributed by atoms with Crippen molar-refractivity contribution in [3.05, 3.63) is 35.4 Å². The van der Waals surface area contributed by atoms with Gasteiger partial charge in [-0.1, -0.05) is 38.1 Å². The van der Waals surface area contributed by atoms with Crippen LogP contribution in [0.3, 0.4) is 0 Å². The van der Waals surface area contributed by atoms with Crippen LogP contribution in [-0.2, 0) is 11.2 Å². The van der Waals surface area contributed by atoms with Crippen molar-refractivity contribution in [1.29, 1.82) is 0 Å². The lowest BCUT2D eigenvalue weighted by molar-refractivity contribution is 0.0349. The van der Waals surface area contributed by atoms with Gasteiger partial charge < -0.3 is 10.1 Å². The molecule has 1 unspecified atom stereocenters. The van der Waals surface area contributed by atoms with Gasteiger partial charge in [0.15, 0.2) is 0 Å². The van der Waals surface area contributed by atoms with E-state index in [9.17, 15) is 0 Å². The second-order valence-electron chi connectivity index (χ2n) is 5.41. The molecule has 0 saturated carbocycles. The fraction of sp³-hybridized carbons (Fsp3) is 0.625. The molecule has 1 atom stereocenters. The molecule has 0 aromatic heterocycles. The van der Waals surface area contributed by atoms with E-state index >= 15 is 0 Å². The highest BCUT2D eigenvalue weighted by Gasteiger charge is 2.19. The molecule has 0 fully saturated rings. The molecule has 0 amide bonds. The second-order valence-corrected chi connectivity index (χ2v) is 5.41. The summed E-state index contributed by atoms with van der Waals surface area (Å²) in [6, 6.07) is 9.32. The summed E-state index contributed by atoms with van der Waals surface area (Å²) in [5.74, 6) is 0. The Bertz CT molecular complexity index is 362. The SMILES string of the molecule is CC(C)NCCCCC1OCCc2ccccc21. The van der Waals surface area contributed by atoms with E-state index in [1.165, 1.54) is 24.0 Å². The predicted molar refractivity (Wildman–Crippen MR) is 75.8 cm³/mol. The Labute approximate surface area is 111 Å². The Balaban J connectivity index is 1.77. The number of hydrogen-bond acceptors (Lipinski definition) is 2. The van der Waals surface area contributed by atoms with Crippen LogP contribution in [0, 0.1) is 0 Å². The Morgan fingerprint density at radius 1 is 1.28 bits per heavy atom. The van der Waals surface area contributed by atoms with Crippen LogP contribution in [0.4, 0.5) is 0 Å². The molecule has 0 bridgehead atoms. The third kappa shape index (κ3) is 3.82. The van der Waals surface area contributed by atoms with Crippen molar-refractivity contribution in [2.75, 3.05) is 13.2 Å². The molecule has 0 radical (unpaired) electrons. The lowest BCUT2D eigenvalue weighted by Crippen LogP contribution is -2.23. The number of benzene rings is 1. The number of unbranched alkanes of at least 4 members (excludes halogenated alkanes) is 1. The van der Waals surface area contributed by atoms with Crippen molar-refractivity contribution in [3.8, 4) is 0 Å². The molecule has 1 aliphatic rings. The molecule has 2 rings (SSSR count). The standard InChI is InChI=1S/C16H25NO/c1-13(2)17-11-6-5-9-16-15-8-4-3-7-14(15)10-12-18-16/h3-4,7-8,13,16-17H,5-6,9-12H2,1-2H3. The first kappa shape index (κ1) is 13.6. The molecule has 0 aliphatic carbocycles. The van der Waals surface area contributed by atoms with Gasteiger partial charge in [0.05, 0.1) is 12.7 Å². The first-order valence-corrected chi connectivity index (χ1v) is 7.20. The van der Waals surface area contributed by atoms with Gasteiger partial charge in [-0.2, -0.15) is 0 Å². The highest BCUT2D eigenvalue weighted by Crippen LogP contribution is 2.30. The van der Waals surface area contributed by atoms with E-state index in [1.54, 1.807) is 0 Å². The number of rotatable bonds is 6. The predicted octanol–water partition coefficient (Wildman–Crippen LogP) is 3.47. The minimum atomic E-state index is 0.328. The maximum Gasteiger partial charge on any atom is 0.0827 e. The first-order chi connectivity index (χ1) is 8.77. The van der Waals surface area contributed by atoms with Crippen molar-refractivity contribution in [2.45, 2.75) is 51.7 Å². The van der Waals surface area contributed by atoms with Gasteiger partial charge in [-0.25, -0.2) is 0 Å². The molecule has 0 spiro atoms. The Morgan fingerprint density at radius 2 is 2.11 bits per heavy atom. The van der Waals surface area contributed by atoms with E-state index in [0.717, 1.165) is 26.0 Å². The van der Waals surface area contributed by atoms with Crippen LogP contribution in [0.15, 0.2) is 24.3 Å². The fourth-order valence-corrected chi connectivity index (χ4v) is 2.56. The summed E-state index contributed by atoms with van der Waals surface area (Å²) in [5, 5.41) is 3.46. The molecule has 1 aliphatic heterocycles. The number of nitrogens with one attached hydrogen (secondary N) is 1. The van der Waals surface area contributed by atoms with Crippen LogP contribution in [0.1, 0.15) is 50.3 Å². The van der Waals surface area contributed by atoms with Crippen LogP contribution in [-0.4, -0.2) is 19.2 Å². The number of ether oxygens (including phenoxy) is 1. The molecule has 100 valence electrons. The largest absolute Gasteiger partial charge is 0.373 e. The van der Waals surface area contributed by atoms with Gasteiger partial charge in [0, 0.05) is 6.04 Å². The minimum Gasteiger partial charge on any atom is -0.373 e. The third-order valence-corrected chi connectivity index (χ3v) is 3.54. The summed E-state index contributed by atoms with van der Waals surface area (Å²) < 4.78 is 5.91. The van der Waals surface area contributed by atoms with Crippen LogP contribution in [0.25, 0.3) is 0 Å². The van der Waals surface area contributed by atoms with Gasteiger partial charge in [0.1, 0.15) is 0 Å². The van der Waals surface area contributed by atoms with Gasteiger partial charge in [-0.05, 0) is 43.4 Å². The van der Waals surface area contributed by atoms with Gasteiger partial charge in [0.2, 0.25) is 0 Å². The van der Waals surface area contributed by atoms with Crippen molar-refractivity contribution in [3.63, 3.8) is 0 Å². The molecule has 1 N–H and O–H groups in total. The van der Waals surface area contributed by atoms with Crippen LogP contribution in [0.5, 0.6) is 0 Å². The molecule has 0 saturated heterocycles. The zero-order chi connectivity index (χ0) is 12.8. The highest BCUT2D eigenvalue weighted by atomic mass is 16.5. The van der Waals surface area contributed by atoms with Gasteiger partial charge in [0.25, 0.3) is 0 Å². The molecular formula is C16H25NO. The van der Waals surface area contributed by atoms with Gasteiger partial charge in [-0.3, -0.25) is 0 Å². The molecule has 18 heavy (non-hydrogen) atoms. The average Bonchev–Trinajstić information content (AvgIpc) is 2.38. The Morgan fingerprint density at radius 3 is 2.94 bits per heavy atom. The van der Waals surface area contributed by atoms with E-state index in [2.05, 4.69) is 43.4 Å². The molecule has 2 heteroatoms. The first-order valence-electron chi connectivity index (χ1n) is 7.20. The van der Waals surface area contributed by atoms with Crippen molar-refractivity contribution in [1.82, 2.24) is 5.32 Å². The van der Waals surface area contributed by atoms with Crippen molar-refractivity contribution in [2.24, 2.45) is 0 Å². The lowest BCUT2D eigenvalue weighted by Gasteiger charge is -2.26. The Hall–Kier alpha value is -0.860. The van der Waals surface area contributed by atoms with Gasteiger partial charge >= 0.3 is 0 Å². The van der Waals surface area contributed by atoms with Crippen LogP contribution < -0.4 is 5.32 Å². The summed E-state index contributed by atoms with van der Waals surface area (Å²) in [7, 11) is 0. The maximum atomic E-state index is 5.91. The van der Waals surface area contributed by atoms with Crippen LogP contribution in [0.2, 0.25) is 0 Å². The summed E-state index contributed by atoms with van der Waals surface area (Å²) in [5.41, 5.74) is 2.90. The van der Waals surface area contributed by atoms with E-state index in [-0.39, 0.29) is 0 Å².